The van der Waals surface area contributed by atoms with Gasteiger partial charge in [-0.2, -0.15) is 5.10 Å². The molecule has 1 fully saturated rings. The number of rotatable bonds is 2. The van der Waals surface area contributed by atoms with Gasteiger partial charge in [0.05, 0.1) is 11.8 Å². The molecule has 1 amide bonds. The van der Waals surface area contributed by atoms with Gasteiger partial charge in [0.2, 0.25) is 0 Å². The number of nitrogens with one attached hydrogen (secondary N) is 1. The molecule has 21 heavy (non-hydrogen) atoms. The molecular formula is C15H17N3O3. The Morgan fingerprint density at radius 1 is 1.38 bits per heavy atom. The highest BCUT2D eigenvalue weighted by Crippen LogP contribution is 2.29. The monoisotopic (exact) mass is 287 g/mol. The summed E-state index contributed by atoms with van der Waals surface area (Å²) in [5.41, 5.74) is 1.32. The van der Waals surface area contributed by atoms with Gasteiger partial charge in [-0.05, 0) is 30.5 Å². The molecule has 0 unspecified atom stereocenters. The smallest absolute Gasteiger partial charge is 0.257 e. The summed E-state index contributed by atoms with van der Waals surface area (Å²) >= 11 is 0. The normalized spacial score (nSPS) is 18.7. The van der Waals surface area contributed by atoms with Gasteiger partial charge in [-0.25, -0.2) is 0 Å². The fraction of sp³-hybridized carbons (Fsp3) is 0.333. The zero-order valence-corrected chi connectivity index (χ0v) is 11.5. The molecule has 1 saturated heterocycles. The van der Waals surface area contributed by atoms with E-state index in [0.717, 1.165) is 18.4 Å². The maximum Gasteiger partial charge on any atom is 0.257 e. The number of hydrogen-bond acceptors (Lipinski definition) is 4. The Morgan fingerprint density at radius 3 is 2.95 bits per heavy atom. The predicted molar refractivity (Wildman–Crippen MR) is 76.2 cm³/mol. The van der Waals surface area contributed by atoms with Crippen LogP contribution in [0.15, 0.2) is 30.6 Å². The number of aromatic nitrogens is 2. The van der Waals surface area contributed by atoms with E-state index in [1.54, 1.807) is 11.1 Å². The summed E-state index contributed by atoms with van der Waals surface area (Å²) in [4.78, 5) is 14.3. The molecule has 2 aromatic rings. The average Bonchev–Trinajstić information content (AvgIpc) is 3.01. The molecule has 2 heterocycles. The number of likely N-dealkylation sites (tertiary alicyclic amines) is 1. The molecule has 0 bridgehead atoms. The quantitative estimate of drug-likeness (QED) is 0.786. The van der Waals surface area contributed by atoms with Crippen LogP contribution in [0, 0.1) is 0 Å². The first-order valence-corrected chi connectivity index (χ1v) is 6.95. The minimum atomic E-state index is -0.208. The molecule has 0 aliphatic carbocycles. The summed E-state index contributed by atoms with van der Waals surface area (Å²) in [5.74, 6) is -0.189. The average molecular weight is 287 g/mol. The molecule has 1 aromatic heterocycles. The topological polar surface area (TPSA) is 89.4 Å². The fourth-order valence-electron chi connectivity index (χ4n) is 2.79. The molecule has 0 saturated carbocycles. The summed E-state index contributed by atoms with van der Waals surface area (Å²) < 4.78 is 0. The molecular weight excluding hydrogens is 270 g/mol. The summed E-state index contributed by atoms with van der Waals surface area (Å²) in [6, 6.07) is 4.05. The molecule has 3 N–H and O–H groups in total. The molecule has 6 heteroatoms. The van der Waals surface area contributed by atoms with Gasteiger partial charge in [0.1, 0.15) is 11.5 Å². The molecule has 3 rings (SSSR count). The summed E-state index contributed by atoms with van der Waals surface area (Å²) in [7, 11) is 0. The number of piperidine rings is 1. The number of hydrogen-bond donors (Lipinski definition) is 3. The van der Waals surface area contributed by atoms with Gasteiger partial charge in [-0.15, -0.1) is 0 Å². The van der Waals surface area contributed by atoms with Crippen molar-refractivity contribution in [2.24, 2.45) is 0 Å². The van der Waals surface area contributed by atoms with Gasteiger partial charge in [0, 0.05) is 31.3 Å². The highest BCUT2D eigenvalue weighted by atomic mass is 16.3. The first kappa shape index (κ1) is 13.5. The van der Waals surface area contributed by atoms with E-state index in [1.807, 2.05) is 6.20 Å². The van der Waals surface area contributed by atoms with Crippen LogP contribution in [0.25, 0.3) is 0 Å². The van der Waals surface area contributed by atoms with Crippen LogP contribution < -0.4 is 0 Å². The van der Waals surface area contributed by atoms with Crippen LogP contribution in [0.1, 0.15) is 34.7 Å². The minimum Gasteiger partial charge on any atom is -0.508 e. The van der Waals surface area contributed by atoms with Gasteiger partial charge in [-0.3, -0.25) is 9.89 Å². The fourth-order valence-corrected chi connectivity index (χ4v) is 2.79. The van der Waals surface area contributed by atoms with Gasteiger partial charge in [-0.1, -0.05) is 0 Å². The van der Waals surface area contributed by atoms with Gasteiger partial charge < -0.3 is 15.1 Å². The van der Waals surface area contributed by atoms with Gasteiger partial charge in [0.25, 0.3) is 5.91 Å². The van der Waals surface area contributed by atoms with Gasteiger partial charge >= 0.3 is 0 Å². The van der Waals surface area contributed by atoms with Crippen LogP contribution in [0.5, 0.6) is 11.5 Å². The number of carbonyl (C=O) groups is 1. The number of phenols is 2. The highest BCUT2D eigenvalue weighted by Gasteiger charge is 2.27. The number of benzene rings is 1. The van der Waals surface area contributed by atoms with E-state index in [0.29, 0.717) is 13.1 Å². The Bertz CT molecular complexity index is 640. The molecule has 1 atom stereocenters. The van der Waals surface area contributed by atoms with E-state index in [-0.39, 0.29) is 28.9 Å². The van der Waals surface area contributed by atoms with Crippen LogP contribution >= 0.6 is 0 Å². The van der Waals surface area contributed by atoms with Crippen LogP contribution in [-0.2, 0) is 0 Å². The van der Waals surface area contributed by atoms with Crippen LogP contribution in [0.2, 0.25) is 0 Å². The molecule has 6 nitrogen and oxygen atoms in total. The molecule has 1 aliphatic rings. The van der Waals surface area contributed by atoms with Crippen molar-refractivity contribution in [2.75, 3.05) is 13.1 Å². The number of H-pyrrole nitrogens is 1. The zero-order valence-electron chi connectivity index (χ0n) is 11.5. The van der Waals surface area contributed by atoms with Crippen molar-refractivity contribution in [3.05, 3.63) is 41.7 Å². The Morgan fingerprint density at radius 2 is 2.24 bits per heavy atom. The molecule has 1 aliphatic heterocycles. The largest absolute Gasteiger partial charge is 0.508 e. The number of nitrogens with zero attached hydrogens (tertiary/aromatic N) is 2. The molecule has 0 spiro atoms. The maximum atomic E-state index is 12.5. The Labute approximate surface area is 122 Å². The first-order chi connectivity index (χ1) is 10.1. The second kappa shape index (κ2) is 5.47. The Hall–Kier alpha value is -2.50. The second-order valence-corrected chi connectivity index (χ2v) is 5.32. The second-order valence-electron chi connectivity index (χ2n) is 5.32. The highest BCUT2D eigenvalue weighted by molar-refractivity contribution is 5.97. The van der Waals surface area contributed by atoms with Crippen LogP contribution in [0.4, 0.5) is 0 Å². The number of amides is 1. The van der Waals surface area contributed by atoms with Crippen LogP contribution in [-0.4, -0.2) is 44.3 Å². The molecule has 1 aromatic carbocycles. The zero-order chi connectivity index (χ0) is 14.8. The molecule has 0 radical (unpaired) electrons. The van der Waals surface area contributed by atoms with E-state index in [1.165, 1.54) is 18.2 Å². The summed E-state index contributed by atoms with van der Waals surface area (Å²) in [6.45, 7) is 1.28. The van der Waals surface area contributed by atoms with Crippen molar-refractivity contribution in [3.63, 3.8) is 0 Å². The predicted octanol–water partition coefficient (Wildman–Crippen LogP) is 1.84. The molecule has 110 valence electrons. The SMILES string of the molecule is O=C(c1ccc(O)cc1O)N1CCC[C@@H](c2cn[nH]c2)C1. The number of phenolic OH excluding ortho intramolecular Hbond substituents is 2. The lowest BCUT2D eigenvalue weighted by Crippen LogP contribution is -2.39. The van der Waals surface area contributed by atoms with Crippen molar-refractivity contribution in [3.8, 4) is 11.5 Å². The van der Waals surface area contributed by atoms with Crippen molar-refractivity contribution >= 4 is 5.91 Å². The van der Waals surface area contributed by atoms with Gasteiger partial charge in [0.15, 0.2) is 0 Å². The lowest BCUT2D eigenvalue weighted by atomic mass is 9.92. The number of aromatic amines is 1. The van der Waals surface area contributed by atoms with E-state index in [4.69, 9.17) is 0 Å². The third-order valence-electron chi connectivity index (χ3n) is 3.91. The Kier molecular flexibility index (Phi) is 3.51. The number of aromatic hydroxyl groups is 2. The van der Waals surface area contributed by atoms with E-state index in [2.05, 4.69) is 10.2 Å². The third kappa shape index (κ3) is 2.69. The summed E-state index contributed by atoms with van der Waals surface area (Å²) in [6.07, 6.45) is 5.58. The maximum absolute atomic E-state index is 12.5. The van der Waals surface area contributed by atoms with Crippen molar-refractivity contribution in [2.45, 2.75) is 18.8 Å². The Balaban J connectivity index is 1.78. The lowest BCUT2D eigenvalue weighted by Gasteiger charge is -2.32. The van der Waals surface area contributed by atoms with Crippen molar-refractivity contribution < 1.29 is 15.0 Å². The van der Waals surface area contributed by atoms with Crippen molar-refractivity contribution in [1.29, 1.82) is 0 Å². The lowest BCUT2D eigenvalue weighted by molar-refractivity contribution is 0.0704. The van der Waals surface area contributed by atoms with Crippen LogP contribution in [0.3, 0.4) is 0 Å². The number of carbonyl (C=O) groups excluding carboxylic acids is 1. The summed E-state index contributed by atoms with van der Waals surface area (Å²) in [5, 5.41) is 25.9. The van der Waals surface area contributed by atoms with E-state index >= 15 is 0 Å². The minimum absolute atomic E-state index is 0.0565. The first-order valence-electron chi connectivity index (χ1n) is 6.95. The van der Waals surface area contributed by atoms with Crippen molar-refractivity contribution in [1.82, 2.24) is 15.1 Å². The third-order valence-corrected chi connectivity index (χ3v) is 3.91. The van der Waals surface area contributed by atoms with E-state index < -0.39 is 0 Å². The van der Waals surface area contributed by atoms with E-state index in [9.17, 15) is 15.0 Å². The standard InChI is InChI=1S/C15H17N3O3/c19-12-3-4-13(14(20)6-12)15(21)18-5-1-2-10(9-18)11-7-16-17-8-11/h3-4,6-8,10,19-20H,1-2,5,9H2,(H,16,17)/t10-/m1/s1.